The number of rotatable bonds is 6. The van der Waals surface area contributed by atoms with Crippen molar-refractivity contribution in [3.05, 3.63) is 45.5 Å². The monoisotopic (exact) mass is 405 g/mol. The maximum absolute atomic E-state index is 14.0. The number of hydrogen-bond donors (Lipinski definition) is 0. The number of carbonyl (C=O) groups excluding carboxylic acids is 1. The Morgan fingerprint density at radius 3 is 2.07 bits per heavy atom. The Hall–Kier alpha value is -2.11. The van der Waals surface area contributed by atoms with Crippen LogP contribution in [0.1, 0.15) is 25.0 Å². The van der Waals surface area contributed by atoms with Crippen LogP contribution in [-0.4, -0.2) is 13.1 Å². The fourth-order valence-corrected chi connectivity index (χ4v) is 3.12. The van der Waals surface area contributed by atoms with Gasteiger partial charge in [0.25, 0.3) is 0 Å². The molecule has 146 valence electrons. The summed E-state index contributed by atoms with van der Waals surface area (Å²) in [6, 6.07) is 1.72. The van der Waals surface area contributed by atoms with E-state index in [0.29, 0.717) is 0 Å². The molecule has 0 radical (unpaired) electrons. The van der Waals surface area contributed by atoms with Gasteiger partial charge in [0.15, 0.2) is 23.3 Å². The summed E-state index contributed by atoms with van der Waals surface area (Å²) in [4.78, 5) is 12.2. The molecule has 2 unspecified atom stereocenters. The Morgan fingerprint density at radius 1 is 1.15 bits per heavy atom. The third-order valence-electron chi connectivity index (χ3n) is 4.69. The van der Waals surface area contributed by atoms with Gasteiger partial charge in [0, 0.05) is 7.11 Å². The van der Waals surface area contributed by atoms with E-state index in [1.165, 1.54) is 6.08 Å². The van der Waals surface area contributed by atoms with Gasteiger partial charge in [-0.2, -0.15) is 5.26 Å². The minimum absolute atomic E-state index is 0.0988. The van der Waals surface area contributed by atoms with Crippen molar-refractivity contribution in [2.75, 3.05) is 7.11 Å². The lowest BCUT2D eigenvalue weighted by molar-refractivity contribution is -0.147. The lowest BCUT2D eigenvalue weighted by atomic mass is 10.1. The van der Waals surface area contributed by atoms with Crippen LogP contribution in [0.5, 0.6) is 0 Å². The molecule has 1 fully saturated rings. The lowest BCUT2D eigenvalue weighted by Gasteiger charge is -2.12. The van der Waals surface area contributed by atoms with Gasteiger partial charge in [-0.3, -0.25) is 4.79 Å². The number of halogens is 5. The SMILES string of the molecule is COCc1c(F)c(F)c(COC(=O)C2C(C=C(Cl)C#N)C2(C)C)c(F)c1F. The molecule has 2 atom stereocenters. The first-order chi connectivity index (χ1) is 12.6. The maximum atomic E-state index is 14.0. The first-order valence-electron chi connectivity index (χ1n) is 7.84. The van der Waals surface area contributed by atoms with Crippen LogP contribution in [0.15, 0.2) is 11.1 Å². The molecular formula is C18H16ClF4NO3. The molecule has 0 aliphatic heterocycles. The molecule has 1 aromatic carbocycles. The molecule has 2 rings (SSSR count). The van der Waals surface area contributed by atoms with Gasteiger partial charge in [-0.05, 0) is 11.3 Å². The Balaban J connectivity index is 2.18. The largest absolute Gasteiger partial charge is 0.460 e. The third kappa shape index (κ3) is 3.94. The van der Waals surface area contributed by atoms with Gasteiger partial charge >= 0.3 is 5.97 Å². The van der Waals surface area contributed by atoms with Crippen LogP contribution in [0.3, 0.4) is 0 Å². The first-order valence-corrected chi connectivity index (χ1v) is 8.22. The molecule has 0 aromatic heterocycles. The van der Waals surface area contributed by atoms with Gasteiger partial charge in [-0.25, -0.2) is 17.6 Å². The van der Waals surface area contributed by atoms with E-state index in [4.69, 9.17) is 21.6 Å². The molecule has 27 heavy (non-hydrogen) atoms. The van der Waals surface area contributed by atoms with E-state index in [1.807, 2.05) is 0 Å². The number of hydrogen-bond acceptors (Lipinski definition) is 4. The van der Waals surface area contributed by atoms with Gasteiger partial charge in [-0.15, -0.1) is 0 Å². The van der Waals surface area contributed by atoms with Gasteiger partial charge in [-0.1, -0.05) is 31.5 Å². The van der Waals surface area contributed by atoms with E-state index in [0.717, 1.165) is 7.11 Å². The lowest BCUT2D eigenvalue weighted by Crippen LogP contribution is -2.15. The van der Waals surface area contributed by atoms with Crippen LogP contribution in [0.4, 0.5) is 17.6 Å². The zero-order valence-electron chi connectivity index (χ0n) is 14.7. The van der Waals surface area contributed by atoms with Crippen molar-refractivity contribution in [1.82, 2.24) is 0 Å². The van der Waals surface area contributed by atoms with Gasteiger partial charge < -0.3 is 9.47 Å². The predicted octanol–water partition coefficient (Wildman–Crippen LogP) is 4.35. The molecule has 0 bridgehead atoms. The zero-order valence-corrected chi connectivity index (χ0v) is 15.5. The molecule has 9 heteroatoms. The average molecular weight is 406 g/mol. The molecule has 0 N–H and O–H groups in total. The van der Waals surface area contributed by atoms with Crippen LogP contribution in [0, 0.1) is 51.9 Å². The topological polar surface area (TPSA) is 59.3 Å². The molecule has 0 amide bonds. The fraction of sp³-hybridized carbons (Fsp3) is 0.444. The second kappa shape index (κ2) is 7.87. The molecular weight excluding hydrogens is 390 g/mol. The highest BCUT2D eigenvalue weighted by molar-refractivity contribution is 6.31. The van der Waals surface area contributed by atoms with Crippen LogP contribution in [-0.2, 0) is 27.5 Å². The predicted molar refractivity (Wildman–Crippen MR) is 87.1 cm³/mol. The van der Waals surface area contributed by atoms with Gasteiger partial charge in [0.2, 0.25) is 0 Å². The number of allylic oxidation sites excluding steroid dienone is 2. The van der Waals surface area contributed by atoms with E-state index in [-0.39, 0.29) is 5.03 Å². The normalized spacial score (nSPS) is 20.9. The van der Waals surface area contributed by atoms with Crippen molar-refractivity contribution in [2.24, 2.45) is 17.3 Å². The molecule has 1 aliphatic carbocycles. The molecule has 1 aromatic rings. The summed E-state index contributed by atoms with van der Waals surface area (Å²) >= 11 is 5.64. The highest BCUT2D eigenvalue weighted by Gasteiger charge is 2.61. The number of nitriles is 1. The first kappa shape index (κ1) is 21.2. The van der Waals surface area contributed by atoms with Crippen molar-refractivity contribution in [1.29, 1.82) is 5.26 Å². The number of methoxy groups -OCH3 is 1. The summed E-state index contributed by atoms with van der Waals surface area (Å²) in [5.74, 6) is -8.41. The van der Waals surface area contributed by atoms with Crippen molar-refractivity contribution in [3.8, 4) is 6.07 Å². The van der Waals surface area contributed by atoms with Crippen molar-refractivity contribution < 1.29 is 31.8 Å². The van der Waals surface area contributed by atoms with E-state index in [2.05, 4.69) is 4.74 Å². The highest BCUT2D eigenvalue weighted by atomic mass is 35.5. The number of carbonyl (C=O) groups is 1. The summed E-state index contributed by atoms with van der Waals surface area (Å²) < 4.78 is 65.3. The van der Waals surface area contributed by atoms with Crippen LogP contribution in [0.2, 0.25) is 0 Å². The Labute approximate surface area is 158 Å². The fourth-order valence-electron chi connectivity index (χ4n) is 2.99. The zero-order chi connectivity index (χ0) is 20.5. The maximum Gasteiger partial charge on any atom is 0.310 e. The summed E-state index contributed by atoms with van der Waals surface area (Å²) in [6.07, 6.45) is 1.40. The molecule has 1 saturated carbocycles. The van der Waals surface area contributed by atoms with E-state index in [1.54, 1.807) is 19.9 Å². The third-order valence-corrected chi connectivity index (χ3v) is 4.90. The minimum Gasteiger partial charge on any atom is -0.460 e. The quantitative estimate of drug-likeness (QED) is 0.305. The van der Waals surface area contributed by atoms with Crippen molar-refractivity contribution >= 4 is 17.6 Å². The molecule has 4 nitrogen and oxygen atoms in total. The van der Waals surface area contributed by atoms with E-state index < -0.39 is 70.8 Å². The Morgan fingerprint density at radius 2 is 1.63 bits per heavy atom. The summed E-state index contributed by atoms with van der Waals surface area (Å²) in [6.45, 7) is 1.81. The summed E-state index contributed by atoms with van der Waals surface area (Å²) in [5.41, 5.74) is -2.50. The van der Waals surface area contributed by atoms with Crippen molar-refractivity contribution in [2.45, 2.75) is 27.1 Å². The molecule has 0 heterocycles. The second-order valence-corrected chi connectivity index (χ2v) is 7.11. The van der Waals surface area contributed by atoms with Crippen LogP contribution < -0.4 is 0 Å². The smallest absolute Gasteiger partial charge is 0.310 e. The van der Waals surface area contributed by atoms with Crippen LogP contribution in [0.25, 0.3) is 0 Å². The minimum atomic E-state index is -1.65. The van der Waals surface area contributed by atoms with Gasteiger partial charge in [0.1, 0.15) is 17.7 Å². The highest BCUT2D eigenvalue weighted by Crippen LogP contribution is 2.60. The number of esters is 1. The van der Waals surface area contributed by atoms with E-state index >= 15 is 0 Å². The summed E-state index contributed by atoms with van der Waals surface area (Å²) in [5, 5.41) is 8.60. The average Bonchev–Trinajstić information content (AvgIpc) is 3.16. The number of benzene rings is 1. The summed E-state index contributed by atoms with van der Waals surface area (Å²) in [7, 11) is 1.12. The number of ether oxygens (including phenoxy) is 2. The van der Waals surface area contributed by atoms with E-state index in [9.17, 15) is 22.4 Å². The Kier molecular flexibility index (Phi) is 6.17. The number of nitrogens with zero attached hydrogens (tertiary/aromatic N) is 1. The van der Waals surface area contributed by atoms with Gasteiger partial charge in [0.05, 0.1) is 23.7 Å². The molecule has 0 spiro atoms. The van der Waals surface area contributed by atoms with Crippen LogP contribution >= 0.6 is 11.6 Å². The Bertz CT molecular complexity index is 819. The molecule has 1 aliphatic rings. The van der Waals surface area contributed by atoms with Crippen molar-refractivity contribution in [3.63, 3.8) is 0 Å². The second-order valence-electron chi connectivity index (χ2n) is 6.70. The molecule has 0 saturated heterocycles. The standard InChI is InChI=1S/C18H16ClF4NO3/c1-18(2)11(4-8(19)5-24)12(18)17(25)27-7-10-15(22)13(20)9(6-26-3)14(21)16(10)23/h4,11-12H,6-7H2,1-3H3.